The molecule has 1 fully saturated rings. The molecule has 2 bridgehead atoms. The predicted octanol–water partition coefficient (Wildman–Crippen LogP) is 0.750. The molecule has 0 aliphatic carbocycles. The van der Waals surface area contributed by atoms with Crippen LogP contribution in [0, 0.1) is 5.92 Å². The van der Waals surface area contributed by atoms with Crippen molar-refractivity contribution in [3.63, 3.8) is 0 Å². The van der Waals surface area contributed by atoms with Gasteiger partial charge in [-0.15, -0.1) is 0 Å². The van der Waals surface area contributed by atoms with Crippen molar-refractivity contribution in [2.45, 2.75) is 90.1 Å². The number of likely N-dealkylation sites (tertiary alicyclic amines) is 1. The first-order chi connectivity index (χ1) is 18.6. The first kappa shape index (κ1) is 31.8. The Bertz CT molecular complexity index is 1150. The standard InChI is InChI=1S/C28H44N4O7S/c1-18(2)25-27(36)29-21(23(33)15-32-13-7-6-8-22(32)26(35)31-28(3,4)5)14-19-9-11-20(12-10-19)39-17-40(37,38)16-24(34)30-25/h9-12,18,21-23,25,33H,6-8,13-17H2,1-5H3,(H,29,36)(H,30,34)(H,31,35). The van der Waals surface area contributed by atoms with Crippen molar-refractivity contribution >= 4 is 27.6 Å². The zero-order valence-corrected chi connectivity index (χ0v) is 24.9. The van der Waals surface area contributed by atoms with Crippen LogP contribution in [0.2, 0.25) is 0 Å². The molecular formula is C28H44N4O7S. The van der Waals surface area contributed by atoms with Crippen molar-refractivity contribution in [2.75, 3.05) is 24.8 Å². The van der Waals surface area contributed by atoms with E-state index in [1.54, 1.807) is 38.1 Å². The number of piperidine rings is 1. The van der Waals surface area contributed by atoms with Crippen molar-refractivity contribution in [3.05, 3.63) is 29.8 Å². The number of hydrogen-bond donors (Lipinski definition) is 4. The molecular weight excluding hydrogens is 536 g/mol. The Kier molecular flexibility index (Phi) is 10.6. The van der Waals surface area contributed by atoms with E-state index in [1.165, 1.54) is 0 Å². The molecule has 4 atom stereocenters. The summed E-state index contributed by atoms with van der Waals surface area (Å²) in [5.41, 5.74) is 0.405. The molecule has 3 aliphatic rings. The van der Waals surface area contributed by atoms with Crippen molar-refractivity contribution in [3.8, 4) is 5.75 Å². The number of hydrogen-bond acceptors (Lipinski definition) is 8. The van der Waals surface area contributed by atoms with Crippen molar-refractivity contribution in [1.82, 2.24) is 20.9 Å². The van der Waals surface area contributed by atoms with Gasteiger partial charge in [0.1, 0.15) is 17.5 Å². The maximum atomic E-state index is 13.4. The summed E-state index contributed by atoms with van der Waals surface area (Å²) >= 11 is 0. The predicted molar refractivity (Wildman–Crippen MR) is 151 cm³/mol. The van der Waals surface area contributed by atoms with E-state index in [0.29, 0.717) is 18.7 Å². The number of aliphatic hydroxyl groups excluding tert-OH is 1. The Morgan fingerprint density at radius 3 is 2.45 bits per heavy atom. The number of nitrogens with zero attached hydrogens (tertiary/aromatic N) is 1. The van der Waals surface area contributed by atoms with Crippen LogP contribution in [0.3, 0.4) is 0 Å². The Hall–Kier alpha value is -2.70. The molecule has 1 saturated heterocycles. The molecule has 4 N–H and O–H groups in total. The Morgan fingerprint density at radius 2 is 1.82 bits per heavy atom. The number of carbonyl (C=O) groups excluding carboxylic acids is 3. The monoisotopic (exact) mass is 580 g/mol. The van der Waals surface area contributed by atoms with Crippen LogP contribution in [0.1, 0.15) is 59.4 Å². The summed E-state index contributed by atoms with van der Waals surface area (Å²) in [5, 5.41) is 19.9. The largest absolute Gasteiger partial charge is 0.478 e. The summed E-state index contributed by atoms with van der Waals surface area (Å²) < 4.78 is 30.2. The van der Waals surface area contributed by atoms with Gasteiger partial charge < -0.3 is 25.8 Å². The Labute approximate surface area is 237 Å². The number of rotatable bonds is 5. The average Bonchev–Trinajstić information content (AvgIpc) is 2.85. The van der Waals surface area contributed by atoms with Crippen LogP contribution < -0.4 is 20.7 Å². The van der Waals surface area contributed by atoms with E-state index in [2.05, 4.69) is 16.0 Å². The van der Waals surface area contributed by atoms with Crippen molar-refractivity contribution in [1.29, 1.82) is 0 Å². The molecule has 11 nitrogen and oxygen atoms in total. The van der Waals surface area contributed by atoms with E-state index in [9.17, 15) is 27.9 Å². The van der Waals surface area contributed by atoms with E-state index in [0.717, 1.165) is 18.4 Å². The molecule has 3 amide bonds. The lowest BCUT2D eigenvalue weighted by Crippen LogP contribution is -2.59. The molecule has 224 valence electrons. The van der Waals surface area contributed by atoms with Gasteiger partial charge in [0, 0.05) is 12.1 Å². The fourth-order valence-corrected chi connectivity index (χ4v) is 5.89. The van der Waals surface area contributed by atoms with Crippen LogP contribution in [0.5, 0.6) is 5.75 Å². The average molecular weight is 581 g/mol. The van der Waals surface area contributed by atoms with Gasteiger partial charge in [-0.3, -0.25) is 19.3 Å². The first-order valence-corrected chi connectivity index (χ1v) is 15.7. The molecule has 0 radical (unpaired) electrons. The number of sulfone groups is 1. The molecule has 0 aromatic heterocycles. The third-order valence-electron chi connectivity index (χ3n) is 7.03. The van der Waals surface area contributed by atoms with Gasteiger partial charge in [-0.25, -0.2) is 8.42 Å². The van der Waals surface area contributed by atoms with Gasteiger partial charge in [-0.05, 0) is 70.2 Å². The second-order valence-corrected chi connectivity index (χ2v) is 14.2. The Balaban J connectivity index is 1.86. The minimum Gasteiger partial charge on any atom is -0.478 e. The van der Waals surface area contributed by atoms with E-state index in [1.807, 2.05) is 25.7 Å². The van der Waals surface area contributed by atoms with Crippen LogP contribution in [-0.4, -0.2) is 90.7 Å². The van der Waals surface area contributed by atoms with Gasteiger partial charge in [0.2, 0.25) is 17.7 Å². The molecule has 1 aromatic rings. The molecule has 4 rings (SSSR count). The molecule has 3 heterocycles. The Morgan fingerprint density at radius 1 is 1.15 bits per heavy atom. The summed E-state index contributed by atoms with van der Waals surface area (Å²) in [6.45, 7) is 10.1. The van der Waals surface area contributed by atoms with Crippen LogP contribution in [0.15, 0.2) is 24.3 Å². The highest BCUT2D eigenvalue weighted by Gasteiger charge is 2.35. The van der Waals surface area contributed by atoms with Crippen molar-refractivity contribution in [2.24, 2.45) is 5.92 Å². The number of fused-ring (bicyclic) bond motifs is 12. The van der Waals surface area contributed by atoms with Crippen LogP contribution in [0.4, 0.5) is 0 Å². The van der Waals surface area contributed by atoms with Gasteiger partial charge in [0.25, 0.3) is 0 Å². The fourth-order valence-electron chi connectivity index (χ4n) is 5.01. The maximum absolute atomic E-state index is 13.4. The lowest BCUT2D eigenvalue weighted by molar-refractivity contribution is -0.131. The highest BCUT2D eigenvalue weighted by molar-refractivity contribution is 7.91. The summed E-state index contributed by atoms with van der Waals surface area (Å²) in [7, 11) is -3.89. The lowest BCUT2D eigenvalue weighted by Gasteiger charge is -2.39. The zero-order valence-electron chi connectivity index (χ0n) is 24.1. The first-order valence-electron chi connectivity index (χ1n) is 13.9. The van der Waals surface area contributed by atoms with Crippen LogP contribution in [-0.2, 0) is 30.6 Å². The van der Waals surface area contributed by atoms with E-state index in [4.69, 9.17) is 4.74 Å². The zero-order chi connectivity index (χ0) is 29.7. The molecule has 0 spiro atoms. The smallest absolute Gasteiger partial charge is 0.243 e. The number of nitrogens with one attached hydrogen (secondary N) is 3. The number of benzene rings is 1. The molecule has 1 aromatic carbocycles. The quantitative estimate of drug-likeness (QED) is 0.398. The number of carbonyl (C=O) groups is 3. The molecule has 40 heavy (non-hydrogen) atoms. The molecule has 0 saturated carbocycles. The van der Waals surface area contributed by atoms with Gasteiger partial charge in [-0.1, -0.05) is 32.4 Å². The summed E-state index contributed by atoms with van der Waals surface area (Å²) in [5.74, 6) is -2.92. The second kappa shape index (κ2) is 13.3. The number of aliphatic hydroxyl groups is 1. The summed E-state index contributed by atoms with van der Waals surface area (Å²) in [6.07, 6.45) is 1.74. The van der Waals surface area contributed by atoms with Crippen LogP contribution >= 0.6 is 0 Å². The molecule has 4 unspecified atom stereocenters. The highest BCUT2D eigenvalue weighted by Crippen LogP contribution is 2.21. The van der Waals surface area contributed by atoms with E-state index < -0.39 is 51.5 Å². The van der Waals surface area contributed by atoms with Gasteiger partial charge in [0.05, 0.1) is 18.2 Å². The van der Waals surface area contributed by atoms with Crippen LogP contribution in [0.25, 0.3) is 0 Å². The minimum atomic E-state index is -3.89. The second-order valence-electron chi connectivity index (χ2n) is 12.2. The fraction of sp³-hybridized carbons (Fsp3) is 0.679. The summed E-state index contributed by atoms with van der Waals surface area (Å²) in [4.78, 5) is 41.0. The normalized spacial score (nSPS) is 25.6. The number of ether oxygens (including phenoxy) is 1. The van der Waals surface area contributed by atoms with Gasteiger partial charge in [0.15, 0.2) is 15.8 Å². The molecule has 12 heteroatoms. The highest BCUT2D eigenvalue weighted by atomic mass is 32.2. The molecule has 3 aliphatic heterocycles. The van der Waals surface area contributed by atoms with Crippen molar-refractivity contribution < 1.29 is 32.6 Å². The maximum Gasteiger partial charge on any atom is 0.243 e. The third kappa shape index (κ3) is 9.45. The lowest BCUT2D eigenvalue weighted by atomic mass is 9.95. The third-order valence-corrected chi connectivity index (χ3v) is 8.21. The van der Waals surface area contributed by atoms with Gasteiger partial charge in [-0.2, -0.15) is 0 Å². The van der Waals surface area contributed by atoms with Gasteiger partial charge >= 0.3 is 0 Å². The van der Waals surface area contributed by atoms with E-state index in [-0.39, 0.29) is 36.4 Å². The topological polar surface area (TPSA) is 154 Å². The number of β-amino-alcohol motifs (C(OH)–C–C–N with tert-alkyl or cyclic N) is 1. The van der Waals surface area contributed by atoms with E-state index >= 15 is 0 Å². The minimum absolute atomic E-state index is 0.0846. The SMILES string of the molecule is CC(C)C1NC(=O)CS(=O)(=O)COc2ccc(cc2)CC(C(O)CN2CCCCC2C(=O)NC(C)(C)C)NC1=O. The number of amides is 3. The summed E-state index contributed by atoms with van der Waals surface area (Å²) in [6, 6.07) is 4.59.